The maximum absolute atomic E-state index is 14.3. The summed E-state index contributed by atoms with van der Waals surface area (Å²) in [4.78, 5) is 0.743. The van der Waals surface area contributed by atoms with E-state index in [1.165, 1.54) is 34.5 Å². The average Bonchev–Trinajstić information content (AvgIpc) is 3.23. The van der Waals surface area contributed by atoms with Crippen LogP contribution < -0.4 is 10.5 Å². The van der Waals surface area contributed by atoms with Crippen LogP contribution in [-0.4, -0.2) is 12.1 Å². The molecule has 9 heteroatoms. The Balaban J connectivity index is 1.72. The highest BCUT2D eigenvalue weighted by Gasteiger charge is 2.31. The Bertz CT molecular complexity index is 1120. The van der Waals surface area contributed by atoms with Crippen LogP contribution in [0.15, 0.2) is 54.0 Å². The van der Waals surface area contributed by atoms with Crippen LogP contribution in [0.2, 0.25) is 5.02 Å². The molecule has 1 aliphatic heterocycles. The molecule has 0 radical (unpaired) electrons. The molecule has 1 aliphatic rings. The van der Waals surface area contributed by atoms with Crippen LogP contribution in [0.25, 0.3) is 16.1 Å². The number of hydrogen-bond donors (Lipinski definition) is 1. The topological polar surface area (TPSA) is 18.5 Å². The van der Waals surface area contributed by atoms with Gasteiger partial charge in [0.05, 0.1) is 16.3 Å². The van der Waals surface area contributed by atoms with Gasteiger partial charge in [0.2, 0.25) is 0 Å². The third-order valence-electron chi connectivity index (χ3n) is 4.82. The minimum atomic E-state index is -4.40. The van der Waals surface area contributed by atoms with E-state index in [0.717, 1.165) is 33.8 Å². The number of thiophene rings is 1. The SMILES string of the molecule is Cc1c(C2=CN(c3c(F)cccc3Cl)NN2C)csc1-c1cccc(C(F)(F)F)c1. The molecule has 0 saturated carbocycles. The fourth-order valence-corrected chi connectivity index (χ4v) is 4.66. The zero-order chi connectivity index (χ0) is 21.6. The number of hydrazine groups is 2. The number of para-hydroxylation sites is 1. The summed E-state index contributed by atoms with van der Waals surface area (Å²) in [5, 5.41) is 5.31. The largest absolute Gasteiger partial charge is 0.416 e. The van der Waals surface area contributed by atoms with Gasteiger partial charge in [-0.05, 0) is 42.3 Å². The Hall–Kier alpha value is -2.55. The van der Waals surface area contributed by atoms with E-state index in [4.69, 9.17) is 11.6 Å². The number of alkyl halides is 3. The van der Waals surface area contributed by atoms with E-state index in [-0.39, 0.29) is 10.7 Å². The summed E-state index contributed by atoms with van der Waals surface area (Å²) in [5.74, 6) is -0.479. The van der Waals surface area contributed by atoms with Crippen LogP contribution in [0.3, 0.4) is 0 Å². The van der Waals surface area contributed by atoms with Crippen molar-refractivity contribution in [3.63, 3.8) is 0 Å². The molecule has 1 N–H and O–H groups in total. The lowest BCUT2D eigenvalue weighted by atomic mass is 10.0. The number of halogens is 5. The normalized spacial score (nSPS) is 14.4. The first kappa shape index (κ1) is 20.7. The van der Waals surface area contributed by atoms with E-state index in [2.05, 4.69) is 5.53 Å². The van der Waals surface area contributed by atoms with Crippen LogP contribution >= 0.6 is 22.9 Å². The van der Waals surface area contributed by atoms with Crippen molar-refractivity contribution in [3.05, 3.63) is 81.6 Å². The summed E-state index contributed by atoms with van der Waals surface area (Å²) in [5.41, 5.74) is 5.42. The third-order valence-corrected chi connectivity index (χ3v) is 6.25. The van der Waals surface area contributed by atoms with Gasteiger partial charge in [-0.25, -0.2) is 4.39 Å². The maximum atomic E-state index is 14.3. The number of hydrogen-bond acceptors (Lipinski definition) is 4. The van der Waals surface area contributed by atoms with Gasteiger partial charge >= 0.3 is 6.18 Å². The quantitative estimate of drug-likeness (QED) is 0.445. The fraction of sp³-hybridized carbons (Fsp3) is 0.143. The van der Waals surface area contributed by atoms with Crippen LogP contribution in [0.4, 0.5) is 23.2 Å². The second-order valence-corrected chi connectivity index (χ2v) is 8.08. The predicted molar refractivity (Wildman–Crippen MR) is 112 cm³/mol. The van der Waals surface area contributed by atoms with Crippen molar-refractivity contribution in [2.45, 2.75) is 13.1 Å². The summed E-state index contributed by atoms with van der Waals surface area (Å²) >= 11 is 7.52. The summed E-state index contributed by atoms with van der Waals surface area (Å²) in [6.07, 6.45) is -2.70. The first-order valence-electron chi connectivity index (χ1n) is 8.88. The van der Waals surface area contributed by atoms with Gasteiger partial charge in [0.1, 0.15) is 11.5 Å². The smallest absolute Gasteiger partial charge is 0.291 e. The zero-order valence-electron chi connectivity index (χ0n) is 15.9. The van der Waals surface area contributed by atoms with Crippen molar-refractivity contribution in [3.8, 4) is 10.4 Å². The third kappa shape index (κ3) is 3.66. The highest BCUT2D eigenvalue weighted by Crippen LogP contribution is 2.40. The molecule has 0 saturated heterocycles. The monoisotopic (exact) mass is 453 g/mol. The van der Waals surface area contributed by atoms with Gasteiger partial charge in [-0.1, -0.05) is 29.8 Å². The van der Waals surface area contributed by atoms with E-state index in [0.29, 0.717) is 5.56 Å². The molecule has 0 bridgehead atoms. The highest BCUT2D eigenvalue weighted by atomic mass is 35.5. The second kappa shape index (κ2) is 7.61. The molecule has 4 rings (SSSR count). The Labute approximate surface area is 179 Å². The molecule has 1 aromatic heterocycles. The molecule has 0 aliphatic carbocycles. The van der Waals surface area contributed by atoms with Crippen molar-refractivity contribution in [2.24, 2.45) is 0 Å². The van der Waals surface area contributed by atoms with Crippen molar-refractivity contribution in [1.29, 1.82) is 0 Å². The Morgan fingerprint density at radius 3 is 2.53 bits per heavy atom. The molecule has 156 valence electrons. The van der Waals surface area contributed by atoms with Crippen LogP contribution in [0, 0.1) is 12.7 Å². The first-order valence-corrected chi connectivity index (χ1v) is 10.1. The molecule has 0 unspecified atom stereocenters. The number of anilines is 1. The number of rotatable bonds is 3. The predicted octanol–water partition coefficient (Wildman–Crippen LogP) is 6.70. The van der Waals surface area contributed by atoms with E-state index in [9.17, 15) is 17.6 Å². The second-order valence-electron chi connectivity index (χ2n) is 6.80. The van der Waals surface area contributed by atoms with Crippen molar-refractivity contribution in [1.82, 2.24) is 10.5 Å². The Morgan fingerprint density at radius 2 is 1.83 bits per heavy atom. The van der Waals surface area contributed by atoms with E-state index in [1.807, 2.05) is 12.3 Å². The van der Waals surface area contributed by atoms with E-state index >= 15 is 0 Å². The number of nitrogens with one attached hydrogen (secondary N) is 1. The summed E-state index contributed by atoms with van der Waals surface area (Å²) in [6, 6.07) is 9.70. The highest BCUT2D eigenvalue weighted by molar-refractivity contribution is 7.14. The van der Waals surface area contributed by atoms with Gasteiger partial charge in [-0.15, -0.1) is 16.9 Å². The van der Waals surface area contributed by atoms with Gasteiger partial charge in [-0.2, -0.15) is 13.2 Å². The molecular weight excluding hydrogens is 438 g/mol. The molecule has 0 atom stereocenters. The van der Waals surface area contributed by atoms with Crippen molar-refractivity contribution >= 4 is 34.3 Å². The molecule has 0 fully saturated rings. The standard InChI is InChI=1S/C21H16ClF4N3S/c1-12-15(11-30-20(12)13-5-3-6-14(9-13)21(24,25)26)18-10-29(27-28(18)2)19-16(22)7-4-8-17(19)23/h3-11,27H,1-2H3. The fourth-order valence-electron chi connectivity index (χ4n) is 3.33. The van der Waals surface area contributed by atoms with Crippen LogP contribution in [0.5, 0.6) is 0 Å². The summed E-state index contributed by atoms with van der Waals surface area (Å²) < 4.78 is 53.6. The number of nitrogens with zero attached hydrogens (tertiary/aromatic N) is 2. The minimum Gasteiger partial charge on any atom is -0.291 e. The van der Waals surface area contributed by atoms with Gasteiger partial charge in [-0.3, -0.25) is 10.0 Å². The Kier molecular flexibility index (Phi) is 5.25. The van der Waals surface area contributed by atoms with Gasteiger partial charge in [0.15, 0.2) is 0 Å². The summed E-state index contributed by atoms with van der Waals surface area (Å²) in [7, 11) is 1.77. The lowest BCUT2D eigenvalue weighted by Gasteiger charge is -2.22. The van der Waals surface area contributed by atoms with Crippen LogP contribution in [0.1, 0.15) is 16.7 Å². The minimum absolute atomic E-state index is 0.187. The molecule has 0 spiro atoms. The van der Waals surface area contributed by atoms with Crippen LogP contribution in [-0.2, 0) is 6.18 Å². The molecule has 3 nitrogen and oxygen atoms in total. The first-order chi connectivity index (χ1) is 14.2. The average molecular weight is 454 g/mol. The molecule has 30 heavy (non-hydrogen) atoms. The van der Waals surface area contributed by atoms with E-state index < -0.39 is 17.6 Å². The lowest BCUT2D eigenvalue weighted by molar-refractivity contribution is -0.137. The van der Waals surface area contributed by atoms with Crippen molar-refractivity contribution in [2.75, 3.05) is 12.1 Å². The van der Waals surface area contributed by atoms with Gasteiger partial charge < -0.3 is 0 Å². The number of benzene rings is 2. The molecule has 3 aromatic rings. The van der Waals surface area contributed by atoms with Gasteiger partial charge in [0, 0.05) is 29.1 Å². The van der Waals surface area contributed by atoms with Gasteiger partial charge in [0.25, 0.3) is 0 Å². The molecule has 0 amide bonds. The van der Waals surface area contributed by atoms with E-state index in [1.54, 1.807) is 30.4 Å². The zero-order valence-corrected chi connectivity index (χ0v) is 17.5. The molecule has 2 heterocycles. The Morgan fingerprint density at radius 1 is 1.10 bits per heavy atom. The summed E-state index contributed by atoms with van der Waals surface area (Å²) in [6.45, 7) is 1.86. The maximum Gasteiger partial charge on any atom is 0.416 e. The van der Waals surface area contributed by atoms with Crippen molar-refractivity contribution < 1.29 is 17.6 Å². The molecular formula is C21H16ClF4N3S. The molecule has 2 aromatic carbocycles. The lowest BCUT2D eigenvalue weighted by Crippen LogP contribution is -2.38.